The van der Waals surface area contributed by atoms with Gasteiger partial charge in [0.1, 0.15) is 0 Å². The van der Waals surface area contributed by atoms with Gasteiger partial charge in [-0.15, -0.1) is 0 Å². The van der Waals surface area contributed by atoms with E-state index in [1.807, 2.05) is 0 Å². The molecule has 0 aromatic heterocycles. The van der Waals surface area contributed by atoms with Crippen LogP contribution in [0.25, 0.3) is 0 Å². The molecule has 0 bridgehead atoms. The van der Waals surface area contributed by atoms with Crippen LogP contribution in [0.5, 0.6) is 0 Å². The number of halogens is 2. The first-order valence-electron chi connectivity index (χ1n) is 9.25. The quantitative estimate of drug-likeness (QED) is 0.262. The highest BCUT2D eigenvalue weighted by Gasteiger charge is 2.36. The Kier molecular flexibility index (Phi) is 8.53. The van der Waals surface area contributed by atoms with E-state index < -0.39 is 93.4 Å². The number of non-ortho nitro benzene ring substituents is 2. The summed E-state index contributed by atoms with van der Waals surface area (Å²) in [5, 5.41) is 64.4. The average Bonchev–Trinajstić information content (AvgIpc) is 2.78. The highest BCUT2D eigenvalue weighted by Crippen LogP contribution is 2.41. The predicted molar refractivity (Wildman–Crippen MR) is 123 cm³/mol. The zero-order valence-corrected chi connectivity index (χ0v) is 19.2. The molecule has 0 atom stereocenters. The van der Waals surface area contributed by atoms with Crippen molar-refractivity contribution in [2.75, 3.05) is 23.1 Å². The number of rotatable bonds is 12. The molecule has 22 heteroatoms. The largest absolute Gasteiger partial charge is 0.307 e. The van der Waals surface area contributed by atoms with Crippen molar-refractivity contribution in [2.45, 2.75) is 6.42 Å². The number of hydrogen-bond acceptors (Lipinski definition) is 12. The highest BCUT2D eigenvalue weighted by molar-refractivity contribution is 6.34. The molecule has 2 aromatic carbocycles. The van der Waals surface area contributed by atoms with Crippen molar-refractivity contribution in [3.8, 4) is 0 Å². The van der Waals surface area contributed by atoms with Crippen LogP contribution >= 0.6 is 23.2 Å². The average molecular weight is 565 g/mol. The van der Waals surface area contributed by atoms with E-state index in [1.165, 1.54) is 0 Å². The second kappa shape index (κ2) is 11.2. The minimum absolute atomic E-state index is 0.119. The number of hydrazine groups is 2. The van der Waals surface area contributed by atoms with Crippen molar-refractivity contribution in [3.05, 3.63) is 95.0 Å². The van der Waals surface area contributed by atoms with E-state index in [9.17, 15) is 60.7 Å². The topological polar surface area (TPSA) is 265 Å². The Hall–Kier alpha value is -4.98. The molecule has 0 aliphatic heterocycles. The zero-order chi connectivity index (χ0) is 28.2. The molecular weight excluding hydrogens is 555 g/mol. The molecule has 0 spiro atoms. The minimum atomic E-state index is -1.16. The Balaban J connectivity index is 2.46. The van der Waals surface area contributed by atoms with Gasteiger partial charge in [-0.1, -0.05) is 33.2 Å². The maximum Gasteiger partial charge on any atom is 0.307 e. The van der Waals surface area contributed by atoms with Gasteiger partial charge in [0.15, 0.2) is 10.1 Å². The molecule has 0 saturated carbocycles. The third kappa shape index (κ3) is 6.18. The molecule has 196 valence electrons. The Morgan fingerprint density at radius 2 is 0.892 bits per heavy atom. The highest BCUT2D eigenvalue weighted by atomic mass is 35.5. The molecule has 20 nitrogen and oxygen atoms in total. The summed E-state index contributed by atoms with van der Waals surface area (Å²) in [5.41, 5.74) is -5.57. The van der Waals surface area contributed by atoms with Crippen LogP contribution in [0.1, 0.15) is 6.42 Å². The lowest BCUT2D eigenvalue weighted by Gasteiger charge is -2.18. The van der Waals surface area contributed by atoms with Crippen molar-refractivity contribution < 1.29 is 29.8 Å². The molecule has 2 rings (SSSR count). The molecule has 2 aromatic rings. The maximum absolute atomic E-state index is 11.6. The summed E-state index contributed by atoms with van der Waals surface area (Å²) in [5.74, 6) is 0. The van der Waals surface area contributed by atoms with Gasteiger partial charge in [0.05, 0.1) is 55.0 Å². The number of benzene rings is 2. The Bertz CT molecular complexity index is 1240. The van der Waals surface area contributed by atoms with Gasteiger partial charge >= 0.3 is 11.4 Å². The first-order chi connectivity index (χ1) is 17.2. The van der Waals surface area contributed by atoms with Crippen LogP contribution in [-0.4, -0.2) is 42.8 Å². The van der Waals surface area contributed by atoms with E-state index >= 15 is 0 Å². The fourth-order valence-electron chi connectivity index (χ4n) is 3.06. The molecule has 0 aliphatic carbocycles. The molecule has 0 aliphatic rings. The van der Waals surface area contributed by atoms with Gasteiger partial charge < -0.3 is 0 Å². The van der Waals surface area contributed by atoms with E-state index in [1.54, 1.807) is 0 Å². The molecule has 0 fully saturated rings. The first-order valence-corrected chi connectivity index (χ1v) is 10.0. The van der Waals surface area contributed by atoms with Crippen molar-refractivity contribution >= 4 is 57.3 Å². The molecule has 37 heavy (non-hydrogen) atoms. The van der Waals surface area contributed by atoms with Crippen LogP contribution < -0.4 is 10.0 Å². The lowest BCUT2D eigenvalue weighted by molar-refractivity contribution is -0.500. The van der Waals surface area contributed by atoms with Gasteiger partial charge in [-0.25, -0.2) is 20.2 Å². The third-order valence-electron chi connectivity index (χ3n) is 4.52. The fraction of sp³-hybridized carbons (Fsp3) is 0.200. The molecule has 0 radical (unpaired) electrons. The van der Waals surface area contributed by atoms with E-state index in [0.29, 0.717) is 24.3 Å². The van der Waals surface area contributed by atoms with Crippen LogP contribution in [0.15, 0.2) is 24.3 Å². The van der Waals surface area contributed by atoms with Gasteiger partial charge in [0.2, 0.25) is 11.4 Å². The third-order valence-corrected chi connectivity index (χ3v) is 5.10. The van der Waals surface area contributed by atoms with Crippen molar-refractivity contribution in [1.29, 1.82) is 0 Å². The van der Waals surface area contributed by atoms with Gasteiger partial charge in [0.25, 0.3) is 11.4 Å². The summed E-state index contributed by atoms with van der Waals surface area (Å²) in [6.45, 7) is -1.62. The SMILES string of the molecule is O=[N+]([O-])c1cc(Cl)c(N(CCCN(c2c(Cl)cc([N+](=O)[O-])cc2[N+](=O)[O-])[N+](=O)[O-])[N+](=O)[O-])c([N+](=O)[O-])c1. The van der Waals surface area contributed by atoms with Gasteiger partial charge in [0, 0.05) is 12.1 Å². The van der Waals surface area contributed by atoms with Crippen LogP contribution in [0.4, 0.5) is 34.1 Å². The van der Waals surface area contributed by atoms with E-state index in [4.69, 9.17) is 23.2 Å². The second-order valence-corrected chi connectivity index (χ2v) is 7.51. The van der Waals surface area contributed by atoms with Crippen molar-refractivity contribution in [2.24, 2.45) is 0 Å². The Morgan fingerprint density at radius 1 is 0.568 bits per heavy atom. The zero-order valence-electron chi connectivity index (χ0n) is 17.7. The van der Waals surface area contributed by atoms with Gasteiger partial charge in [-0.3, -0.25) is 40.5 Å². The van der Waals surface area contributed by atoms with Crippen LogP contribution in [-0.2, 0) is 0 Å². The summed E-state index contributed by atoms with van der Waals surface area (Å²) in [7, 11) is 0. The van der Waals surface area contributed by atoms with Gasteiger partial charge in [-0.2, -0.15) is 0 Å². The molecular formula is C15H10Cl2N8O12. The molecule has 0 heterocycles. The van der Waals surface area contributed by atoms with Crippen LogP contribution in [0.3, 0.4) is 0 Å². The Labute approximate surface area is 212 Å². The summed E-state index contributed by atoms with van der Waals surface area (Å²) in [6.07, 6.45) is -0.573. The maximum atomic E-state index is 11.6. The molecule has 0 amide bonds. The summed E-state index contributed by atoms with van der Waals surface area (Å²) >= 11 is 11.7. The summed E-state index contributed by atoms with van der Waals surface area (Å²) < 4.78 is 0. The van der Waals surface area contributed by atoms with Crippen molar-refractivity contribution in [1.82, 2.24) is 0 Å². The second-order valence-electron chi connectivity index (χ2n) is 6.69. The number of nitro groups is 6. The molecule has 0 unspecified atom stereocenters. The number of nitro benzene ring substituents is 4. The normalized spacial score (nSPS) is 10.4. The summed E-state index contributed by atoms with van der Waals surface area (Å²) in [6, 6.07) is 2.12. The van der Waals surface area contributed by atoms with Crippen molar-refractivity contribution in [3.63, 3.8) is 0 Å². The van der Waals surface area contributed by atoms with Crippen LogP contribution in [0.2, 0.25) is 10.0 Å². The number of nitrogens with zero attached hydrogens (tertiary/aromatic N) is 8. The van der Waals surface area contributed by atoms with E-state index in [2.05, 4.69) is 0 Å². The lowest BCUT2D eigenvalue weighted by Crippen LogP contribution is -2.37. The molecule has 0 N–H and O–H groups in total. The fourth-order valence-corrected chi connectivity index (χ4v) is 3.67. The predicted octanol–water partition coefficient (Wildman–Crippen LogP) is 3.71. The first kappa shape index (κ1) is 28.3. The van der Waals surface area contributed by atoms with Gasteiger partial charge in [-0.05, 0) is 6.42 Å². The van der Waals surface area contributed by atoms with Crippen LogP contribution in [0, 0.1) is 60.7 Å². The van der Waals surface area contributed by atoms with E-state index in [-0.39, 0.29) is 10.0 Å². The standard InChI is InChI=1S/C15H10Cl2N8O12/c16-10-4-8(20(26)27)6-12(22(30)31)14(10)18(24(34)35)2-1-3-19(25(36)37)15-11(17)5-9(21(28)29)7-13(15)23(32)33/h4-7H,1-3H2. The number of anilines is 2. The summed E-state index contributed by atoms with van der Waals surface area (Å²) in [4.78, 5) is 63.6. The molecule has 0 saturated heterocycles. The van der Waals surface area contributed by atoms with E-state index in [0.717, 1.165) is 0 Å². The Morgan fingerprint density at radius 3 is 1.14 bits per heavy atom. The monoisotopic (exact) mass is 564 g/mol. The lowest BCUT2D eigenvalue weighted by atomic mass is 10.2. The number of hydrogen-bond donors (Lipinski definition) is 0. The smallest absolute Gasteiger partial charge is 0.258 e. The minimum Gasteiger partial charge on any atom is -0.258 e.